The first kappa shape index (κ1) is 40.2. The van der Waals surface area contributed by atoms with E-state index in [4.69, 9.17) is 4.74 Å². The molecule has 0 atom stereocenters. The van der Waals surface area contributed by atoms with E-state index >= 15 is 0 Å². The molecule has 2 heteroatoms. The van der Waals surface area contributed by atoms with E-state index in [1.54, 1.807) is 5.57 Å². The van der Waals surface area contributed by atoms with Crippen molar-refractivity contribution in [3.63, 3.8) is 0 Å². The fourth-order valence-corrected chi connectivity index (χ4v) is 5.84. The second-order valence-corrected chi connectivity index (χ2v) is 13.1. The molecule has 0 aliphatic carbocycles. The summed E-state index contributed by atoms with van der Waals surface area (Å²) in [5.41, 5.74) is 1.61. The molecule has 0 aromatic heterocycles. The summed E-state index contributed by atoms with van der Waals surface area (Å²) in [5.74, 6) is 0.0240. The molecule has 0 rings (SSSR count). The molecule has 0 bridgehead atoms. The average molecular weight is 577 g/mol. The van der Waals surface area contributed by atoms with E-state index in [0.29, 0.717) is 13.0 Å². The number of hydrogen-bond donors (Lipinski definition) is 0. The summed E-state index contributed by atoms with van der Waals surface area (Å²) in [6.45, 7) is 7.53. The molecule has 0 saturated heterocycles. The standard InChI is InChI=1S/C39H76O2/c1-4-6-8-10-12-13-14-15-16-19-22-25-29-33-37-41-39(40)36-32-28-24-21-18-17-20-23-27-31-35-38(3)34-30-26-11-9-7-5-2/h35H,4-34,36-37H2,1-3H3. The van der Waals surface area contributed by atoms with Gasteiger partial charge in [-0.15, -0.1) is 0 Å². The molecule has 0 heterocycles. The summed E-state index contributed by atoms with van der Waals surface area (Å²) >= 11 is 0. The van der Waals surface area contributed by atoms with Crippen LogP contribution in [0, 0.1) is 0 Å². The molecule has 0 saturated carbocycles. The van der Waals surface area contributed by atoms with Gasteiger partial charge < -0.3 is 4.74 Å². The van der Waals surface area contributed by atoms with Gasteiger partial charge in [-0.2, -0.15) is 0 Å². The highest BCUT2D eigenvalue weighted by atomic mass is 16.5. The maximum Gasteiger partial charge on any atom is 0.305 e. The zero-order valence-electron chi connectivity index (χ0n) is 28.7. The SMILES string of the molecule is CCCCCCCCCCCCCCCCOC(=O)CCCCCCCCCCCC=C(C)CCCCCCCC. The largest absolute Gasteiger partial charge is 0.466 e. The van der Waals surface area contributed by atoms with Gasteiger partial charge in [-0.1, -0.05) is 186 Å². The summed E-state index contributed by atoms with van der Waals surface area (Å²) < 4.78 is 5.45. The molecule has 41 heavy (non-hydrogen) atoms. The molecule has 0 unspecified atom stereocenters. The Labute approximate surface area is 259 Å². The predicted molar refractivity (Wildman–Crippen MR) is 184 cm³/mol. The van der Waals surface area contributed by atoms with Gasteiger partial charge in [0, 0.05) is 6.42 Å². The van der Waals surface area contributed by atoms with Gasteiger partial charge in [0.15, 0.2) is 0 Å². The highest BCUT2D eigenvalue weighted by Crippen LogP contribution is 2.16. The number of hydrogen-bond acceptors (Lipinski definition) is 2. The number of ether oxygens (including phenoxy) is 1. The van der Waals surface area contributed by atoms with Crippen LogP contribution in [0.4, 0.5) is 0 Å². The van der Waals surface area contributed by atoms with E-state index in [9.17, 15) is 4.79 Å². The third-order valence-electron chi connectivity index (χ3n) is 8.76. The van der Waals surface area contributed by atoms with Crippen molar-refractivity contribution in [2.24, 2.45) is 0 Å². The quantitative estimate of drug-likeness (QED) is 0.0432. The molecule has 0 aromatic rings. The summed E-state index contributed by atoms with van der Waals surface area (Å²) in [6.07, 6.45) is 44.8. The van der Waals surface area contributed by atoms with E-state index in [1.165, 1.54) is 186 Å². The summed E-state index contributed by atoms with van der Waals surface area (Å²) in [7, 11) is 0. The van der Waals surface area contributed by atoms with Crippen LogP contribution in [0.5, 0.6) is 0 Å². The maximum absolute atomic E-state index is 12.0. The average Bonchev–Trinajstić information content (AvgIpc) is 2.97. The third-order valence-corrected chi connectivity index (χ3v) is 8.76. The Kier molecular flexibility index (Phi) is 34.7. The first-order valence-electron chi connectivity index (χ1n) is 19.0. The number of rotatable bonds is 34. The Morgan fingerprint density at radius 3 is 1.22 bits per heavy atom. The summed E-state index contributed by atoms with van der Waals surface area (Å²) in [5, 5.41) is 0. The highest BCUT2D eigenvalue weighted by molar-refractivity contribution is 5.69. The van der Waals surface area contributed by atoms with E-state index < -0.39 is 0 Å². The van der Waals surface area contributed by atoms with Crippen LogP contribution in [0.2, 0.25) is 0 Å². The molecule has 0 spiro atoms. The van der Waals surface area contributed by atoms with Crippen molar-refractivity contribution < 1.29 is 9.53 Å². The van der Waals surface area contributed by atoms with Crippen molar-refractivity contribution in [3.05, 3.63) is 11.6 Å². The number of carbonyl (C=O) groups excluding carboxylic acids is 1. The monoisotopic (exact) mass is 577 g/mol. The van der Waals surface area contributed by atoms with Gasteiger partial charge in [-0.05, 0) is 45.4 Å². The van der Waals surface area contributed by atoms with Crippen molar-refractivity contribution in [3.8, 4) is 0 Å². The van der Waals surface area contributed by atoms with Crippen LogP contribution >= 0.6 is 0 Å². The van der Waals surface area contributed by atoms with Gasteiger partial charge in [-0.3, -0.25) is 4.79 Å². The minimum absolute atomic E-state index is 0.0240. The van der Waals surface area contributed by atoms with Gasteiger partial charge in [0.2, 0.25) is 0 Å². The summed E-state index contributed by atoms with van der Waals surface area (Å²) in [4.78, 5) is 12.0. The molecule has 0 aromatic carbocycles. The molecule has 0 amide bonds. The molecule has 0 radical (unpaired) electrons. The Balaban J connectivity index is 3.25. The smallest absolute Gasteiger partial charge is 0.305 e. The van der Waals surface area contributed by atoms with Crippen molar-refractivity contribution in [1.29, 1.82) is 0 Å². The Morgan fingerprint density at radius 1 is 0.439 bits per heavy atom. The maximum atomic E-state index is 12.0. The lowest BCUT2D eigenvalue weighted by molar-refractivity contribution is -0.143. The van der Waals surface area contributed by atoms with Crippen LogP contribution in [0.15, 0.2) is 11.6 Å². The van der Waals surface area contributed by atoms with E-state index in [2.05, 4.69) is 26.8 Å². The van der Waals surface area contributed by atoms with Gasteiger partial charge in [-0.25, -0.2) is 0 Å². The van der Waals surface area contributed by atoms with Crippen molar-refractivity contribution in [2.75, 3.05) is 6.61 Å². The zero-order chi connectivity index (χ0) is 29.9. The van der Waals surface area contributed by atoms with Crippen molar-refractivity contribution in [1.82, 2.24) is 0 Å². The van der Waals surface area contributed by atoms with Crippen LogP contribution in [0.3, 0.4) is 0 Å². The minimum Gasteiger partial charge on any atom is -0.466 e. The van der Waals surface area contributed by atoms with Crippen LogP contribution in [-0.2, 0) is 9.53 Å². The van der Waals surface area contributed by atoms with Crippen LogP contribution in [0.1, 0.15) is 226 Å². The van der Waals surface area contributed by atoms with Gasteiger partial charge in [0.25, 0.3) is 0 Å². The Hall–Kier alpha value is -0.790. The molecule has 0 aliphatic heterocycles. The normalized spacial score (nSPS) is 11.8. The molecule has 0 N–H and O–H groups in total. The van der Waals surface area contributed by atoms with Crippen molar-refractivity contribution in [2.45, 2.75) is 226 Å². The lowest BCUT2D eigenvalue weighted by atomic mass is 10.0. The first-order chi connectivity index (χ1) is 20.2. The molecule has 244 valence electrons. The number of esters is 1. The van der Waals surface area contributed by atoms with E-state index in [-0.39, 0.29) is 5.97 Å². The van der Waals surface area contributed by atoms with E-state index in [0.717, 1.165) is 12.8 Å². The zero-order valence-corrected chi connectivity index (χ0v) is 28.7. The van der Waals surface area contributed by atoms with Gasteiger partial charge in [0.1, 0.15) is 0 Å². The van der Waals surface area contributed by atoms with Gasteiger partial charge >= 0.3 is 5.97 Å². The molecule has 0 aliphatic rings. The fourth-order valence-electron chi connectivity index (χ4n) is 5.84. The minimum atomic E-state index is 0.0240. The molecular weight excluding hydrogens is 500 g/mol. The Morgan fingerprint density at radius 2 is 0.780 bits per heavy atom. The van der Waals surface area contributed by atoms with Crippen LogP contribution < -0.4 is 0 Å². The lowest BCUT2D eigenvalue weighted by Gasteiger charge is -2.06. The second-order valence-electron chi connectivity index (χ2n) is 13.1. The third kappa shape index (κ3) is 35.3. The van der Waals surface area contributed by atoms with Crippen molar-refractivity contribution >= 4 is 5.97 Å². The Bertz CT molecular complexity index is 538. The lowest BCUT2D eigenvalue weighted by Crippen LogP contribution is -2.05. The molecule has 0 fully saturated rings. The van der Waals surface area contributed by atoms with Crippen LogP contribution in [0.25, 0.3) is 0 Å². The molecule has 2 nitrogen and oxygen atoms in total. The fraction of sp³-hybridized carbons (Fsp3) is 0.923. The van der Waals surface area contributed by atoms with E-state index in [1.807, 2.05) is 0 Å². The number of unbranched alkanes of at least 4 members (excludes halogenated alkanes) is 27. The predicted octanol–water partition coefficient (Wildman–Crippen LogP) is 14.0. The first-order valence-corrected chi connectivity index (χ1v) is 19.0. The van der Waals surface area contributed by atoms with Gasteiger partial charge in [0.05, 0.1) is 6.61 Å². The molecular formula is C39H76O2. The highest BCUT2D eigenvalue weighted by Gasteiger charge is 2.03. The number of carbonyl (C=O) groups is 1. The second kappa shape index (κ2) is 35.4. The topological polar surface area (TPSA) is 26.3 Å². The summed E-state index contributed by atoms with van der Waals surface area (Å²) in [6, 6.07) is 0. The van der Waals surface area contributed by atoms with Crippen LogP contribution in [-0.4, -0.2) is 12.6 Å². The number of allylic oxidation sites excluding steroid dienone is 2.